The van der Waals surface area contributed by atoms with Gasteiger partial charge in [0.1, 0.15) is 0 Å². The lowest BCUT2D eigenvalue weighted by molar-refractivity contribution is 0.184. The van der Waals surface area contributed by atoms with Crippen molar-refractivity contribution in [2.45, 2.75) is 25.7 Å². The Bertz CT molecular complexity index is 126. The second kappa shape index (κ2) is 8.57. The molecule has 0 aromatic carbocycles. The van der Waals surface area contributed by atoms with Crippen LogP contribution in [0.25, 0.3) is 0 Å². The molecule has 1 heterocycles. The van der Waals surface area contributed by atoms with Gasteiger partial charge in [0.25, 0.3) is 0 Å². The zero-order chi connectivity index (χ0) is 10.1. The number of rotatable bonds is 8. The third-order valence-corrected chi connectivity index (χ3v) is 3.40. The van der Waals surface area contributed by atoms with Gasteiger partial charge in [0.2, 0.25) is 0 Å². The van der Waals surface area contributed by atoms with Crippen molar-refractivity contribution < 1.29 is 4.74 Å². The molecule has 1 atom stereocenters. The quantitative estimate of drug-likeness (QED) is 0.630. The number of hydrogen-bond donors (Lipinski definition) is 1. The van der Waals surface area contributed by atoms with Crippen LogP contribution in [0.1, 0.15) is 25.7 Å². The molecule has 0 radical (unpaired) electrons. The molecular weight excluding hydrogens is 194 g/mol. The highest BCUT2D eigenvalue weighted by Gasteiger charge is 2.14. The first-order chi connectivity index (χ1) is 6.93. The summed E-state index contributed by atoms with van der Waals surface area (Å²) in [6.45, 7) is 4.34. The van der Waals surface area contributed by atoms with Crippen molar-refractivity contribution in [3.05, 3.63) is 0 Å². The number of unbranched alkanes of at least 4 members (excludes halogenated alkanes) is 1. The predicted octanol–water partition coefficient (Wildman–Crippen LogP) is 2.15. The Morgan fingerprint density at radius 2 is 2.29 bits per heavy atom. The van der Waals surface area contributed by atoms with Crippen LogP contribution in [-0.2, 0) is 4.74 Å². The van der Waals surface area contributed by atoms with E-state index in [1.165, 1.54) is 44.5 Å². The lowest BCUT2D eigenvalue weighted by atomic mass is 10.1. The summed E-state index contributed by atoms with van der Waals surface area (Å²) in [5.74, 6) is 2.13. The summed E-state index contributed by atoms with van der Waals surface area (Å²) in [5.41, 5.74) is 0. The third-order valence-electron chi connectivity index (χ3n) is 2.71. The average molecular weight is 217 g/mol. The van der Waals surface area contributed by atoms with Crippen molar-refractivity contribution in [3.63, 3.8) is 0 Å². The molecule has 0 aromatic rings. The molecular formula is C11H23NOS. The van der Waals surface area contributed by atoms with E-state index in [-0.39, 0.29) is 0 Å². The Balaban J connectivity index is 1.75. The number of thioether (sulfide) groups is 1. The SMILES string of the molecule is CSCCCCNCCC1CCOC1. The molecule has 1 rings (SSSR count). The van der Waals surface area contributed by atoms with E-state index in [1.54, 1.807) is 0 Å². The summed E-state index contributed by atoms with van der Waals surface area (Å²) in [6, 6.07) is 0. The average Bonchev–Trinajstić information content (AvgIpc) is 2.69. The molecule has 0 saturated carbocycles. The first-order valence-corrected chi connectivity index (χ1v) is 7.10. The Morgan fingerprint density at radius 1 is 1.36 bits per heavy atom. The minimum Gasteiger partial charge on any atom is -0.381 e. The summed E-state index contributed by atoms with van der Waals surface area (Å²) in [6.07, 6.45) is 7.41. The van der Waals surface area contributed by atoms with Gasteiger partial charge in [0.05, 0.1) is 0 Å². The van der Waals surface area contributed by atoms with Gasteiger partial charge in [0.15, 0.2) is 0 Å². The van der Waals surface area contributed by atoms with Crippen molar-refractivity contribution in [1.82, 2.24) is 5.32 Å². The smallest absolute Gasteiger partial charge is 0.0495 e. The van der Waals surface area contributed by atoms with Crippen LogP contribution in [0, 0.1) is 5.92 Å². The summed E-state index contributed by atoms with van der Waals surface area (Å²) in [7, 11) is 0. The normalized spacial score (nSPS) is 21.6. The zero-order valence-corrected chi connectivity index (χ0v) is 10.1. The van der Waals surface area contributed by atoms with Crippen molar-refractivity contribution in [2.75, 3.05) is 38.3 Å². The van der Waals surface area contributed by atoms with E-state index in [1.807, 2.05) is 11.8 Å². The fourth-order valence-electron chi connectivity index (χ4n) is 1.74. The van der Waals surface area contributed by atoms with Gasteiger partial charge in [0, 0.05) is 13.2 Å². The van der Waals surface area contributed by atoms with Gasteiger partial charge in [-0.15, -0.1) is 0 Å². The maximum Gasteiger partial charge on any atom is 0.0495 e. The second-order valence-corrected chi connectivity index (χ2v) is 4.95. The Hall–Kier alpha value is 0.270. The maximum atomic E-state index is 5.34. The van der Waals surface area contributed by atoms with Crippen LogP contribution < -0.4 is 5.32 Å². The minimum absolute atomic E-state index is 0.827. The molecule has 14 heavy (non-hydrogen) atoms. The molecule has 0 amide bonds. The van der Waals surface area contributed by atoms with Gasteiger partial charge < -0.3 is 10.1 Å². The van der Waals surface area contributed by atoms with Crippen molar-refractivity contribution >= 4 is 11.8 Å². The first-order valence-electron chi connectivity index (χ1n) is 5.71. The van der Waals surface area contributed by atoms with Crippen LogP contribution in [-0.4, -0.2) is 38.3 Å². The second-order valence-electron chi connectivity index (χ2n) is 3.97. The predicted molar refractivity (Wildman–Crippen MR) is 64.0 cm³/mol. The number of hydrogen-bond acceptors (Lipinski definition) is 3. The van der Waals surface area contributed by atoms with E-state index in [9.17, 15) is 0 Å². The van der Waals surface area contributed by atoms with Crippen LogP contribution in [0.4, 0.5) is 0 Å². The lowest BCUT2D eigenvalue weighted by Gasteiger charge is -2.08. The molecule has 1 N–H and O–H groups in total. The van der Waals surface area contributed by atoms with Gasteiger partial charge in [-0.1, -0.05) is 0 Å². The zero-order valence-electron chi connectivity index (χ0n) is 9.26. The van der Waals surface area contributed by atoms with E-state index in [2.05, 4.69) is 11.6 Å². The number of ether oxygens (including phenoxy) is 1. The van der Waals surface area contributed by atoms with E-state index < -0.39 is 0 Å². The molecule has 3 heteroatoms. The topological polar surface area (TPSA) is 21.3 Å². The Labute approximate surface area is 92.2 Å². The molecule has 0 bridgehead atoms. The highest BCUT2D eigenvalue weighted by Crippen LogP contribution is 2.15. The summed E-state index contributed by atoms with van der Waals surface area (Å²) in [5, 5.41) is 3.51. The van der Waals surface area contributed by atoms with Gasteiger partial charge in [-0.05, 0) is 56.7 Å². The van der Waals surface area contributed by atoms with E-state index >= 15 is 0 Å². The van der Waals surface area contributed by atoms with Crippen LogP contribution in [0.2, 0.25) is 0 Å². The Kier molecular flexibility index (Phi) is 7.55. The molecule has 1 unspecified atom stereocenters. The van der Waals surface area contributed by atoms with E-state index in [0.717, 1.165) is 19.1 Å². The molecule has 0 spiro atoms. The summed E-state index contributed by atoms with van der Waals surface area (Å²) in [4.78, 5) is 0. The lowest BCUT2D eigenvalue weighted by Crippen LogP contribution is -2.19. The summed E-state index contributed by atoms with van der Waals surface area (Å²) < 4.78 is 5.34. The van der Waals surface area contributed by atoms with Crippen molar-refractivity contribution in [1.29, 1.82) is 0 Å². The van der Waals surface area contributed by atoms with Crippen LogP contribution >= 0.6 is 11.8 Å². The Morgan fingerprint density at radius 3 is 3.00 bits per heavy atom. The molecule has 1 saturated heterocycles. The van der Waals surface area contributed by atoms with Crippen LogP contribution in [0.3, 0.4) is 0 Å². The fourth-order valence-corrected chi connectivity index (χ4v) is 2.23. The minimum atomic E-state index is 0.827. The largest absolute Gasteiger partial charge is 0.381 e. The van der Waals surface area contributed by atoms with E-state index in [4.69, 9.17) is 4.74 Å². The monoisotopic (exact) mass is 217 g/mol. The van der Waals surface area contributed by atoms with Gasteiger partial charge in [-0.25, -0.2) is 0 Å². The highest BCUT2D eigenvalue weighted by atomic mass is 32.2. The first kappa shape index (κ1) is 12.3. The van der Waals surface area contributed by atoms with Crippen molar-refractivity contribution in [2.24, 2.45) is 5.92 Å². The highest BCUT2D eigenvalue weighted by molar-refractivity contribution is 7.98. The molecule has 0 aromatic heterocycles. The standard InChI is InChI=1S/C11H23NOS/c1-14-9-3-2-6-12-7-4-11-5-8-13-10-11/h11-12H,2-10H2,1H3. The molecule has 0 aliphatic carbocycles. The molecule has 2 nitrogen and oxygen atoms in total. The molecule has 84 valence electrons. The fraction of sp³-hybridized carbons (Fsp3) is 1.00. The molecule has 1 aliphatic rings. The van der Waals surface area contributed by atoms with Crippen LogP contribution in [0.15, 0.2) is 0 Å². The molecule has 1 aliphatic heterocycles. The number of nitrogens with one attached hydrogen (secondary N) is 1. The summed E-state index contributed by atoms with van der Waals surface area (Å²) >= 11 is 1.94. The maximum absolute atomic E-state index is 5.34. The molecule has 1 fully saturated rings. The van der Waals surface area contributed by atoms with E-state index in [0.29, 0.717) is 0 Å². The van der Waals surface area contributed by atoms with Crippen LogP contribution in [0.5, 0.6) is 0 Å². The van der Waals surface area contributed by atoms with Crippen molar-refractivity contribution in [3.8, 4) is 0 Å². The third kappa shape index (κ3) is 5.89. The van der Waals surface area contributed by atoms with Gasteiger partial charge in [-0.3, -0.25) is 0 Å². The van der Waals surface area contributed by atoms with Gasteiger partial charge in [-0.2, -0.15) is 11.8 Å². The van der Waals surface area contributed by atoms with Gasteiger partial charge >= 0.3 is 0 Å².